The van der Waals surface area contributed by atoms with E-state index in [9.17, 15) is 14.4 Å². The molecule has 1 aromatic carbocycles. The molecule has 4 aliphatic heterocycles. The maximum atomic E-state index is 12.9. The molecule has 8 heteroatoms. The second kappa shape index (κ2) is 9.29. The van der Waals surface area contributed by atoms with Gasteiger partial charge in [0.25, 0.3) is 5.91 Å². The average molecular weight is 442 g/mol. The molecular formula is C24H31N3O5. The van der Waals surface area contributed by atoms with Crippen LogP contribution in [0, 0.1) is 0 Å². The fourth-order valence-corrected chi connectivity index (χ4v) is 5.39. The first-order chi connectivity index (χ1) is 15.6. The van der Waals surface area contributed by atoms with Crippen LogP contribution in [0.3, 0.4) is 0 Å². The standard InChI is InChI=1S/C24H31N3O5/c28-22-8-7-20(23(29)26-22)27-13-16-11-15(5-6-18(16)24(27)30)12-21-19(4-2-10-32-21)25-17-3-1-9-31-14-17/h5-6,11,17,19-21,25H,1-4,7-10,12-14H2,(H,26,28,29)/t17?,19-,20?,21+/m0/s1. The Balaban J connectivity index is 1.26. The van der Waals surface area contributed by atoms with Gasteiger partial charge in [-0.2, -0.15) is 0 Å². The van der Waals surface area contributed by atoms with Gasteiger partial charge in [0, 0.05) is 50.2 Å². The number of amides is 3. The fraction of sp³-hybridized carbons (Fsp3) is 0.625. The fourth-order valence-electron chi connectivity index (χ4n) is 5.39. The molecule has 0 saturated carbocycles. The van der Waals surface area contributed by atoms with E-state index < -0.39 is 6.04 Å². The minimum Gasteiger partial charge on any atom is -0.380 e. The molecule has 4 aliphatic rings. The van der Waals surface area contributed by atoms with Gasteiger partial charge in [-0.3, -0.25) is 19.7 Å². The molecule has 0 aliphatic carbocycles. The van der Waals surface area contributed by atoms with Crippen LogP contribution in [0.2, 0.25) is 0 Å². The molecule has 1 aromatic rings. The van der Waals surface area contributed by atoms with Gasteiger partial charge in [-0.15, -0.1) is 0 Å². The van der Waals surface area contributed by atoms with Crippen LogP contribution in [-0.4, -0.2) is 66.7 Å². The molecule has 3 amide bonds. The summed E-state index contributed by atoms with van der Waals surface area (Å²) in [7, 11) is 0. The quantitative estimate of drug-likeness (QED) is 0.669. The number of ether oxygens (including phenoxy) is 2. The molecule has 5 rings (SSSR count). The molecule has 4 heterocycles. The Bertz CT molecular complexity index is 898. The zero-order valence-electron chi connectivity index (χ0n) is 18.3. The molecule has 0 spiro atoms. The SMILES string of the molecule is O=C1CCC(N2Cc3cc(C[C@H]4OCCC[C@@H]4NC4CCCOC4)ccc3C2=O)C(=O)N1. The molecule has 3 fully saturated rings. The summed E-state index contributed by atoms with van der Waals surface area (Å²) in [5.74, 6) is -0.779. The van der Waals surface area contributed by atoms with E-state index in [1.165, 1.54) is 0 Å². The highest BCUT2D eigenvalue weighted by Crippen LogP contribution is 2.29. The molecule has 2 unspecified atom stereocenters. The van der Waals surface area contributed by atoms with Crippen molar-refractivity contribution in [2.45, 2.75) is 75.7 Å². The van der Waals surface area contributed by atoms with E-state index in [1.54, 1.807) is 4.90 Å². The molecule has 2 N–H and O–H groups in total. The van der Waals surface area contributed by atoms with Crippen molar-refractivity contribution < 1.29 is 23.9 Å². The van der Waals surface area contributed by atoms with Crippen LogP contribution in [0.5, 0.6) is 0 Å². The van der Waals surface area contributed by atoms with Crippen LogP contribution < -0.4 is 10.6 Å². The zero-order chi connectivity index (χ0) is 22.1. The van der Waals surface area contributed by atoms with Gasteiger partial charge < -0.3 is 19.7 Å². The van der Waals surface area contributed by atoms with Gasteiger partial charge in [-0.1, -0.05) is 12.1 Å². The highest BCUT2D eigenvalue weighted by molar-refractivity contribution is 6.05. The highest BCUT2D eigenvalue weighted by atomic mass is 16.5. The lowest BCUT2D eigenvalue weighted by Gasteiger charge is -2.36. The summed E-state index contributed by atoms with van der Waals surface area (Å²) < 4.78 is 11.8. The molecular weight excluding hydrogens is 410 g/mol. The van der Waals surface area contributed by atoms with Crippen molar-refractivity contribution in [3.8, 4) is 0 Å². The molecule has 4 atom stereocenters. The van der Waals surface area contributed by atoms with Crippen LogP contribution in [0.4, 0.5) is 0 Å². The van der Waals surface area contributed by atoms with Crippen molar-refractivity contribution in [3.05, 3.63) is 34.9 Å². The first-order valence-corrected chi connectivity index (χ1v) is 11.8. The number of imide groups is 1. The minimum absolute atomic E-state index is 0.0899. The van der Waals surface area contributed by atoms with E-state index in [0.717, 1.165) is 63.1 Å². The summed E-state index contributed by atoms with van der Waals surface area (Å²) in [6.07, 6.45) is 5.90. The number of piperidine rings is 1. The molecule has 32 heavy (non-hydrogen) atoms. The molecule has 172 valence electrons. The molecule has 8 nitrogen and oxygen atoms in total. The van der Waals surface area contributed by atoms with Gasteiger partial charge in [0.15, 0.2) is 0 Å². The normalized spacial score (nSPS) is 30.9. The third kappa shape index (κ3) is 4.44. The predicted octanol–water partition coefficient (Wildman–Crippen LogP) is 1.31. The van der Waals surface area contributed by atoms with Crippen LogP contribution in [-0.2, 0) is 32.0 Å². The summed E-state index contributed by atoms with van der Waals surface area (Å²) in [6, 6.07) is 6.06. The van der Waals surface area contributed by atoms with Crippen molar-refractivity contribution in [2.24, 2.45) is 0 Å². The number of hydrogen-bond acceptors (Lipinski definition) is 6. The Morgan fingerprint density at radius 2 is 1.97 bits per heavy atom. The maximum absolute atomic E-state index is 12.9. The van der Waals surface area contributed by atoms with Crippen LogP contribution >= 0.6 is 0 Å². The van der Waals surface area contributed by atoms with Gasteiger partial charge >= 0.3 is 0 Å². The van der Waals surface area contributed by atoms with Crippen LogP contribution in [0.25, 0.3) is 0 Å². The minimum atomic E-state index is -0.580. The van der Waals surface area contributed by atoms with Crippen LogP contribution in [0.15, 0.2) is 18.2 Å². The third-order valence-electron chi connectivity index (χ3n) is 7.08. The van der Waals surface area contributed by atoms with E-state index in [2.05, 4.69) is 16.7 Å². The molecule has 0 aromatic heterocycles. The van der Waals surface area contributed by atoms with Crippen LogP contribution in [0.1, 0.15) is 60.0 Å². The number of rotatable bonds is 5. The first kappa shape index (κ1) is 21.6. The predicted molar refractivity (Wildman–Crippen MR) is 116 cm³/mol. The van der Waals surface area contributed by atoms with E-state index in [1.807, 2.05) is 12.1 Å². The zero-order valence-corrected chi connectivity index (χ0v) is 18.3. The van der Waals surface area contributed by atoms with Crippen molar-refractivity contribution in [3.63, 3.8) is 0 Å². The summed E-state index contributed by atoms with van der Waals surface area (Å²) in [5, 5.41) is 6.11. The maximum Gasteiger partial charge on any atom is 0.255 e. The van der Waals surface area contributed by atoms with Gasteiger partial charge in [-0.25, -0.2) is 0 Å². The Labute approximate surface area is 188 Å². The second-order valence-corrected chi connectivity index (χ2v) is 9.33. The first-order valence-electron chi connectivity index (χ1n) is 11.8. The average Bonchev–Trinajstić information content (AvgIpc) is 3.11. The number of carbonyl (C=O) groups excluding carboxylic acids is 3. The molecule has 3 saturated heterocycles. The van der Waals surface area contributed by atoms with Gasteiger partial charge in [0.1, 0.15) is 6.04 Å². The lowest BCUT2D eigenvalue weighted by Crippen LogP contribution is -2.52. The summed E-state index contributed by atoms with van der Waals surface area (Å²) in [6.45, 7) is 2.80. The van der Waals surface area contributed by atoms with Crippen molar-refractivity contribution in [2.75, 3.05) is 19.8 Å². The van der Waals surface area contributed by atoms with Gasteiger partial charge in [0.05, 0.1) is 12.7 Å². The van der Waals surface area contributed by atoms with Gasteiger partial charge in [-0.05, 0) is 49.3 Å². The molecule has 0 bridgehead atoms. The smallest absolute Gasteiger partial charge is 0.255 e. The van der Waals surface area contributed by atoms with Gasteiger partial charge in [0.2, 0.25) is 11.8 Å². The number of fused-ring (bicyclic) bond motifs is 1. The Kier molecular flexibility index (Phi) is 6.26. The lowest BCUT2D eigenvalue weighted by atomic mass is 9.93. The highest BCUT2D eigenvalue weighted by Gasteiger charge is 2.39. The number of carbonyl (C=O) groups is 3. The van der Waals surface area contributed by atoms with Crippen molar-refractivity contribution >= 4 is 17.7 Å². The lowest BCUT2D eigenvalue weighted by molar-refractivity contribution is -0.136. The molecule has 0 radical (unpaired) electrons. The summed E-state index contributed by atoms with van der Waals surface area (Å²) in [5.41, 5.74) is 2.73. The Morgan fingerprint density at radius 3 is 2.78 bits per heavy atom. The van der Waals surface area contributed by atoms with E-state index in [0.29, 0.717) is 30.6 Å². The van der Waals surface area contributed by atoms with Crippen molar-refractivity contribution in [1.29, 1.82) is 0 Å². The summed E-state index contributed by atoms with van der Waals surface area (Å²) in [4.78, 5) is 38.2. The largest absolute Gasteiger partial charge is 0.380 e. The topological polar surface area (TPSA) is 97.0 Å². The Morgan fingerprint density at radius 1 is 1.09 bits per heavy atom. The van der Waals surface area contributed by atoms with Crippen molar-refractivity contribution in [1.82, 2.24) is 15.5 Å². The second-order valence-electron chi connectivity index (χ2n) is 9.33. The number of hydrogen-bond donors (Lipinski definition) is 2. The Hall–Kier alpha value is -2.29. The summed E-state index contributed by atoms with van der Waals surface area (Å²) >= 11 is 0. The monoisotopic (exact) mass is 441 g/mol. The van der Waals surface area contributed by atoms with E-state index in [-0.39, 0.29) is 30.2 Å². The number of nitrogens with one attached hydrogen (secondary N) is 2. The number of benzene rings is 1. The number of nitrogens with zero attached hydrogens (tertiary/aromatic N) is 1. The van der Waals surface area contributed by atoms with E-state index in [4.69, 9.17) is 9.47 Å². The third-order valence-corrected chi connectivity index (χ3v) is 7.08. The van der Waals surface area contributed by atoms with E-state index >= 15 is 0 Å².